The summed E-state index contributed by atoms with van der Waals surface area (Å²) in [5.74, 6) is 2.70. The molecule has 0 radical (unpaired) electrons. The number of amides is 1. The summed E-state index contributed by atoms with van der Waals surface area (Å²) in [5.41, 5.74) is 0.854. The molecule has 3 aliphatic rings. The van der Waals surface area contributed by atoms with Crippen LogP contribution in [0.1, 0.15) is 86.1 Å². The summed E-state index contributed by atoms with van der Waals surface area (Å²) in [6, 6.07) is 4.78. The maximum atomic E-state index is 13.5. The van der Waals surface area contributed by atoms with Crippen LogP contribution < -0.4 is 20.1 Å². The van der Waals surface area contributed by atoms with Gasteiger partial charge >= 0.3 is 11.9 Å². The first-order valence-corrected chi connectivity index (χ1v) is 24.2. The first kappa shape index (κ1) is 47.5. The van der Waals surface area contributed by atoms with Crippen molar-refractivity contribution >= 4 is 26.2 Å². The molecular weight excluding hydrogens is 765 g/mol. The Kier molecular flexibility index (Phi) is 17.2. The van der Waals surface area contributed by atoms with Crippen molar-refractivity contribution in [3.8, 4) is 11.5 Å². The Hall–Kier alpha value is -4.13. The molecule has 326 valence electrons. The van der Waals surface area contributed by atoms with Crippen molar-refractivity contribution in [3.63, 3.8) is 0 Å². The van der Waals surface area contributed by atoms with Crippen LogP contribution in [0.25, 0.3) is 0 Å². The highest BCUT2D eigenvalue weighted by Crippen LogP contribution is 2.51. The molecule has 0 saturated heterocycles. The van der Waals surface area contributed by atoms with E-state index in [0.717, 1.165) is 24.8 Å². The SMILES string of the molecule is CCOC(=O)[C@@H](NCc1ccc(OC)cc1OC)[C@H](CCNC(=O)/C=C/C=C\C[C@@H]1[C@H]2C=C[C@H](C)[C@H]2C[C@H]1/C=C/CCC1=CC(=O)OC(C)(C)O1)O[Si](C)(C)C(C)(C)C. The lowest BCUT2D eigenvalue weighted by molar-refractivity contribution is -0.205. The van der Waals surface area contributed by atoms with Crippen molar-refractivity contribution in [3.05, 3.63) is 84.2 Å². The second-order valence-electron chi connectivity index (χ2n) is 17.9. The summed E-state index contributed by atoms with van der Waals surface area (Å²) in [7, 11) is 0.848. The molecule has 4 rings (SSSR count). The monoisotopic (exact) mass is 834 g/mol. The number of benzene rings is 1. The number of methoxy groups -OCH3 is 2. The van der Waals surface area contributed by atoms with E-state index in [1.165, 1.54) is 6.08 Å². The number of cyclic esters (lactones) is 1. The number of nitrogens with one attached hydrogen (secondary N) is 2. The zero-order valence-electron chi connectivity index (χ0n) is 37.3. The minimum Gasteiger partial charge on any atom is -0.497 e. The van der Waals surface area contributed by atoms with Gasteiger partial charge in [-0.15, -0.1) is 0 Å². The Balaban J connectivity index is 1.36. The highest BCUT2D eigenvalue weighted by atomic mass is 28.4. The lowest BCUT2D eigenvalue weighted by Gasteiger charge is -2.41. The van der Waals surface area contributed by atoms with Crippen LogP contribution in [0, 0.1) is 29.6 Å². The molecule has 1 saturated carbocycles. The molecule has 2 aliphatic carbocycles. The molecule has 7 atom stereocenters. The van der Waals surface area contributed by atoms with Gasteiger partial charge in [0.2, 0.25) is 11.7 Å². The van der Waals surface area contributed by atoms with Crippen molar-refractivity contribution in [2.75, 3.05) is 27.4 Å². The van der Waals surface area contributed by atoms with Gasteiger partial charge in [0.05, 0.1) is 33.0 Å². The van der Waals surface area contributed by atoms with Gasteiger partial charge in [0.25, 0.3) is 0 Å². The second kappa shape index (κ2) is 21.4. The van der Waals surface area contributed by atoms with Crippen LogP contribution in [0.15, 0.2) is 78.6 Å². The van der Waals surface area contributed by atoms with Crippen LogP contribution >= 0.6 is 0 Å². The second-order valence-corrected chi connectivity index (χ2v) is 22.6. The molecule has 2 N–H and O–H groups in total. The number of hydrogen-bond acceptors (Lipinski definition) is 10. The Bertz CT molecular complexity index is 1740. The first-order chi connectivity index (χ1) is 27.9. The fraction of sp³-hybridized carbons (Fsp3) is 0.596. The van der Waals surface area contributed by atoms with Crippen molar-refractivity contribution in [1.82, 2.24) is 10.6 Å². The lowest BCUT2D eigenvalue weighted by Crippen LogP contribution is -2.54. The third kappa shape index (κ3) is 13.7. The number of carbonyl (C=O) groups is 3. The van der Waals surface area contributed by atoms with Gasteiger partial charge in [-0.3, -0.25) is 14.9 Å². The Morgan fingerprint density at radius 3 is 2.51 bits per heavy atom. The standard InChI is InChI=1S/C47H70N2O9Si/c1-12-55-45(52)44(49-31-34-23-24-35(53-8)29-41(34)54-9)40(58-59(10,11)46(3,4)5)26-27-48-42(50)21-15-13-14-20-37-33(28-39-32(2)22-25-38(37)39)18-16-17-19-36-30-43(51)57-47(6,7)56-36/h13-16,18,21-25,29-30,32-33,37-40,44,49H,12,17,19-20,26-28,31H2,1-11H3,(H,48,50)/b14-13-,18-16+,21-15+/t32-,33+,37-,38+,39+,40-,44-/m0/s1. The molecule has 11 nitrogen and oxygen atoms in total. The fourth-order valence-electron chi connectivity index (χ4n) is 8.01. The third-order valence-corrected chi connectivity index (χ3v) is 16.6. The molecule has 0 spiro atoms. The van der Waals surface area contributed by atoms with E-state index in [-0.39, 0.29) is 23.5 Å². The van der Waals surface area contributed by atoms with Crippen LogP contribution in [-0.4, -0.2) is 71.5 Å². The molecule has 1 aliphatic heterocycles. The Morgan fingerprint density at radius 2 is 1.83 bits per heavy atom. The fourth-order valence-corrected chi connectivity index (χ4v) is 9.37. The molecule has 59 heavy (non-hydrogen) atoms. The minimum absolute atomic E-state index is 0.109. The zero-order chi connectivity index (χ0) is 43.4. The maximum absolute atomic E-state index is 13.5. The lowest BCUT2D eigenvalue weighted by atomic mass is 9.85. The van der Waals surface area contributed by atoms with Gasteiger partial charge in [-0.05, 0) is 86.4 Å². The highest BCUT2D eigenvalue weighted by molar-refractivity contribution is 6.74. The largest absolute Gasteiger partial charge is 0.497 e. The number of fused-ring (bicyclic) bond motifs is 1. The normalized spacial score (nSPS) is 23.8. The van der Waals surface area contributed by atoms with Gasteiger partial charge in [0, 0.05) is 51.1 Å². The molecule has 0 bridgehead atoms. The van der Waals surface area contributed by atoms with Gasteiger partial charge in [-0.2, -0.15) is 0 Å². The molecule has 0 unspecified atom stereocenters. The maximum Gasteiger partial charge on any atom is 0.337 e. The number of ether oxygens (including phenoxy) is 5. The molecule has 1 fully saturated rings. The average Bonchev–Trinajstić information content (AvgIpc) is 3.69. The minimum atomic E-state index is -2.35. The van der Waals surface area contributed by atoms with E-state index in [1.54, 1.807) is 47.1 Å². The molecule has 1 heterocycles. The number of esters is 2. The van der Waals surface area contributed by atoms with E-state index in [2.05, 4.69) is 81.8 Å². The number of carbonyl (C=O) groups excluding carboxylic acids is 3. The van der Waals surface area contributed by atoms with E-state index in [4.69, 9.17) is 28.1 Å². The van der Waals surface area contributed by atoms with Gasteiger partial charge in [-0.25, -0.2) is 4.79 Å². The molecule has 0 aromatic heterocycles. The van der Waals surface area contributed by atoms with Crippen LogP contribution in [0.5, 0.6) is 11.5 Å². The van der Waals surface area contributed by atoms with Gasteiger partial charge in [0.15, 0.2) is 8.32 Å². The van der Waals surface area contributed by atoms with Gasteiger partial charge in [-0.1, -0.05) is 76.3 Å². The van der Waals surface area contributed by atoms with Crippen LogP contribution in [0.2, 0.25) is 18.1 Å². The summed E-state index contributed by atoms with van der Waals surface area (Å²) >= 11 is 0. The van der Waals surface area contributed by atoms with Crippen molar-refractivity contribution in [1.29, 1.82) is 0 Å². The Labute approximate surface area is 354 Å². The summed E-state index contributed by atoms with van der Waals surface area (Å²) in [4.78, 5) is 38.5. The summed E-state index contributed by atoms with van der Waals surface area (Å²) in [6.07, 6.45) is 21.6. The van der Waals surface area contributed by atoms with E-state index in [9.17, 15) is 14.4 Å². The molecule has 1 aromatic carbocycles. The van der Waals surface area contributed by atoms with Crippen molar-refractivity contribution in [2.24, 2.45) is 29.6 Å². The van der Waals surface area contributed by atoms with Crippen LogP contribution in [-0.2, 0) is 39.6 Å². The van der Waals surface area contributed by atoms with E-state index < -0.39 is 32.2 Å². The van der Waals surface area contributed by atoms with Crippen molar-refractivity contribution < 1.29 is 42.5 Å². The third-order valence-electron chi connectivity index (χ3n) is 12.1. The molecule has 1 aromatic rings. The van der Waals surface area contributed by atoms with Gasteiger partial charge in [0.1, 0.15) is 23.3 Å². The zero-order valence-corrected chi connectivity index (χ0v) is 38.3. The van der Waals surface area contributed by atoms with Crippen LogP contribution in [0.3, 0.4) is 0 Å². The van der Waals surface area contributed by atoms with Gasteiger partial charge < -0.3 is 33.4 Å². The quantitative estimate of drug-likeness (QED) is 0.0408. The summed E-state index contributed by atoms with van der Waals surface area (Å²) in [6.45, 7) is 19.2. The summed E-state index contributed by atoms with van der Waals surface area (Å²) < 4.78 is 34.4. The first-order valence-electron chi connectivity index (χ1n) is 21.2. The van der Waals surface area contributed by atoms with Crippen molar-refractivity contribution in [2.45, 2.75) is 123 Å². The molecule has 1 amide bonds. The van der Waals surface area contributed by atoms with Crippen LogP contribution in [0.4, 0.5) is 0 Å². The predicted molar refractivity (Wildman–Crippen MR) is 234 cm³/mol. The van der Waals surface area contributed by atoms with E-state index >= 15 is 0 Å². The predicted octanol–water partition coefficient (Wildman–Crippen LogP) is 8.73. The average molecular weight is 835 g/mol. The topological polar surface area (TPSA) is 131 Å². The van der Waals surface area contributed by atoms with E-state index in [1.807, 2.05) is 24.3 Å². The highest BCUT2D eigenvalue weighted by Gasteiger charge is 2.45. The number of hydrogen-bond donors (Lipinski definition) is 2. The van der Waals surface area contributed by atoms with E-state index in [0.29, 0.717) is 72.8 Å². The smallest absolute Gasteiger partial charge is 0.337 e. The number of allylic oxidation sites excluding steroid dienone is 8. The molecule has 12 heteroatoms. The number of rotatable bonds is 21. The molecular formula is C47H70N2O9Si. The Morgan fingerprint density at radius 1 is 1.07 bits per heavy atom. The summed E-state index contributed by atoms with van der Waals surface area (Å²) in [5, 5.41) is 6.30.